The number of halogens is 3. The van der Waals surface area contributed by atoms with Crippen molar-refractivity contribution in [3.8, 4) is 5.75 Å². The van der Waals surface area contributed by atoms with Crippen molar-refractivity contribution in [2.45, 2.75) is 58.3 Å². The molecule has 224 valence electrons. The number of nitrogens with zero attached hydrogens (tertiary/aromatic N) is 3. The Morgan fingerprint density at radius 2 is 1.81 bits per heavy atom. The Kier molecular flexibility index (Phi) is 8.42. The number of ether oxygens (including phenoxy) is 1. The summed E-state index contributed by atoms with van der Waals surface area (Å²) in [5.74, 6) is -1.94. The molecule has 2 heterocycles. The van der Waals surface area contributed by atoms with E-state index in [0.717, 1.165) is 18.4 Å². The Balaban J connectivity index is 1.55. The highest BCUT2D eigenvalue weighted by molar-refractivity contribution is 6.35. The van der Waals surface area contributed by atoms with Crippen LogP contribution >= 0.6 is 23.2 Å². The van der Waals surface area contributed by atoms with Crippen molar-refractivity contribution in [1.82, 2.24) is 14.8 Å². The van der Waals surface area contributed by atoms with Gasteiger partial charge in [0.15, 0.2) is 11.6 Å². The molecule has 1 aromatic heterocycles. The van der Waals surface area contributed by atoms with Gasteiger partial charge in [-0.05, 0) is 62.9 Å². The van der Waals surface area contributed by atoms with Crippen molar-refractivity contribution in [2.75, 3.05) is 31.6 Å². The molecule has 1 amide bonds. The number of rotatable bonds is 8. The molecule has 1 aliphatic heterocycles. The average molecular weight is 620 g/mol. The molecule has 2 N–H and O–H groups in total. The number of nitrogens with one attached hydrogen (secondary N) is 1. The number of hydrogen-bond donors (Lipinski definition) is 2. The Morgan fingerprint density at radius 3 is 2.38 bits per heavy atom. The number of benzene rings is 2. The van der Waals surface area contributed by atoms with Crippen LogP contribution in [-0.4, -0.2) is 65.3 Å². The van der Waals surface area contributed by atoms with E-state index < -0.39 is 23.1 Å². The summed E-state index contributed by atoms with van der Waals surface area (Å²) in [4.78, 5) is 42.1. The van der Waals surface area contributed by atoms with Crippen LogP contribution in [0.3, 0.4) is 0 Å². The van der Waals surface area contributed by atoms with Crippen LogP contribution in [0.5, 0.6) is 5.75 Å². The molecule has 0 unspecified atom stereocenters. The van der Waals surface area contributed by atoms with Crippen LogP contribution in [-0.2, 0) is 11.3 Å². The van der Waals surface area contributed by atoms with Gasteiger partial charge < -0.3 is 24.6 Å². The van der Waals surface area contributed by atoms with Crippen molar-refractivity contribution in [3.63, 3.8) is 0 Å². The quantitative estimate of drug-likeness (QED) is 0.365. The number of piperazine rings is 1. The first-order chi connectivity index (χ1) is 19.9. The molecule has 1 saturated heterocycles. The third-order valence-electron chi connectivity index (χ3n) is 8.13. The van der Waals surface area contributed by atoms with Crippen molar-refractivity contribution >= 4 is 51.7 Å². The number of anilines is 1. The normalized spacial score (nSPS) is 19.3. The molecular weight excluding hydrogens is 586 g/mol. The standard InChI is InChI=1S/C30H33Cl2FN4O5/c1-15-7-18(31)8-23(32)21(15)10-34-30(41)22-13-37(19-5-6-19)26-20(28(22)40)9-24(33)27(29(26)42-4)35-11-16(2)36(14-25(38)39)17(3)12-35/h7-9,13,16-17,19H,5-6,10-12,14H2,1-4H3,(H,34,41)(H,38,39)/t16-,17+. The molecule has 12 heteroatoms. The number of methoxy groups -OCH3 is 1. The average Bonchev–Trinajstić information content (AvgIpc) is 3.75. The predicted octanol–water partition coefficient (Wildman–Crippen LogP) is 5.01. The summed E-state index contributed by atoms with van der Waals surface area (Å²) in [6.07, 6.45) is 3.22. The van der Waals surface area contributed by atoms with E-state index in [1.165, 1.54) is 19.4 Å². The number of pyridine rings is 1. The maximum Gasteiger partial charge on any atom is 0.317 e. The number of carbonyl (C=O) groups is 2. The molecule has 1 saturated carbocycles. The third kappa shape index (κ3) is 5.67. The van der Waals surface area contributed by atoms with Gasteiger partial charge in [-0.3, -0.25) is 19.3 Å². The molecule has 9 nitrogen and oxygen atoms in total. The molecule has 2 atom stereocenters. The van der Waals surface area contributed by atoms with E-state index in [9.17, 15) is 19.5 Å². The third-order valence-corrected chi connectivity index (χ3v) is 8.69. The lowest BCUT2D eigenvalue weighted by atomic mass is 10.0. The number of aryl methyl sites for hydroxylation is 1. The van der Waals surface area contributed by atoms with E-state index in [1.807, 2.05) is 35.1 Å². The van der Waals surface area contributed by atoms with Gasteiger partial charge in [-0.2, -0.15) is 0 Å². The van der Waals surface area contributed by atoms with Gasteiger partial charge in [0.2, 0.25) is 5.43 Å². The summed E-state index contributed by atoms with van der Waals surface area (Å²) >= 11 is 12.4. The van der Waals surface area contributed by atoms with Crippen LogP contribution in [0, 0.1) is 12.7 Å². The molecule has 2 aromatic carbocycles. The van der Waals surface area contributed by atoms with Crippen molar-refractivity contribution in [2.24, 2.45) is 0 Å². The van der Waals surface area contributed by atoms with E-state index in [4.69, 9.17) is 27.9 Å². The zero-order valence-corrected chi connectivity index (χ0v) is 25.4. The second-order valence-corrected chi connectivity index (χ2v) is 12.0. The fraction of sp³-hybridized carbons (Fsp3) is 0.433. The summed E-state index contributed by atoms with van der Waals surface area (Å²) in [5.41, 5.74) is 1.43. The molecule has 5 rings (SSSR count). The molecular formula is C30H33Cl2FN4O5. The van der Waals surface area contributed by atoms with E-state index in [0.29, 0.717) is 34.2 Å². The minimum absolute atomic E-state index is 0.0325. The lowest BCUT2D eigenvalue weighted by molar-refractivity contribution is -0.139. The first-order valence-electron chi connectivity index (χ1n) is 13.8. The van der Waals surface area contributed by atoms with Crippen molar-refractivity contribution < 1.29 is 23.8 Å². The van der Waals surface area contributed by atoms with E-state index in [1.54, 1.807) is 12.1 Å². The highest BCUT2D eigenvalue weighted by atomic mass is 35.5. The minimum atomic E-state index is -0.920. The van der Waals surface area contributed by atoms with Gasteiger partial charge in [0.05, 0.1) is 24.6 Å². The molecule has 2 fully saturated rings. The molecule has 42 heavy (non-hydrogen) atoms. The monoisotopic (exact) mass is 618 g/mol. The maximum absolute atomic E-state index is 16.0. The Morgan fingerprint density at radius 1 is 1.14 bits per heavy atom. The largest absolute Gasteiger partial charge is 0.492 e. The van der Waals surface area contributed by atoms with Gasteiger partial charge in [0.25, 0.3) is 5.91 Å². The predicted molar refractivity (Wildman–Crippen MR) is 161 cm³/mol. The minimum Gasteiger partial charge on any atom is -0.492 e. The van der Waals surface area contributed by atoms with E-state index in [2.05, 4.69) is 5.32 Å². The molecule has 3 aromatic rings. The van der Waals surface area contributed by atoms with E-state index in [-0.39, 0.29) is 53.6 Å². The van der Waals surface area contributed by atoms with Crippen LogP contribution < -0.4 is 20.4 Å². The number of aliphatic carboxylic acids is 1. The van der Waals surface area contributed by atoms with Crippen LogP contribution in [0.2, 0.25) is 10.0 Å². The zero-order valence-electron chi connectivity index (χ0n) is 23.8. The first kappa shape index (κ1) is 30.1. The van der Waals surface area contributed by atoms with Crippen LogP contribution in [0.4, 0.5) is 10.1 Å². The molecule has 0 bridgehead atoms. The number of carbonyl (C=O) groups excluding carboxylic acids is 1. The fourth-order valence-corrected chi connectivity index (χ4v) is 6.62. The summed E-state index contributed by atoms with van der Waals surface area (Å²) in [5, 5.41) is 13.0. The number of hydrogen-bond acceptors (Lipinski definition) is 6. The highest BCUT2D eigenvalue weighted by Crippen LogP contribution is 2.44. The van der Waals surface area contributed by atoms with Gasteiger partial charge in [0.1, 0.15) is 11.3 Å². The maximum atomic E-state index is 16.0. The van der Waals surface area contributed by atoms with Crippen molar-refractivity contribution in [1.29, 1.82) is 0 Å². The topological polar surface area (TPSA) is 104 Å². The molecule has 0 radical (unpaired) electrons. The van der Waals surface area contributed by atoms with Gasteiger partial charge in [-0.15, -0.1) is 0 Å². The Labute approximate surface area is 252 Å². The second-order valence-electron chi connectivity index (χ2n) is 11.2. The molecule has 1 aliphatic carbocycles. The number of carboxylic acid groups (broad SMARTS) is 1. The van der Waals surface area contributed by atoms with Crippen LogP contribution in [0.15, 0.2) is 29.2 Å². The van der Waals surface area contributed by atoms with Gasteiger partial charge in [0, 0.05) is 54.0 Å². The summed E-state index contributed by atoms with van der Waals surface area (Å²) in [6, 6.07) is 4.21. The summed E-state index contributed by atoms with van der Waals surface area (Å²) in [7, 11) is 1.44. The number of carboxylic acids is 1. The van der Waals surface area contributed by atoms with Gasteiger partial charge >= 0.3 is 5.97 Å². The number of amides is 1. The number of aromatic nitrogens is 1. The summed E-state index contributed by atoms with van der Waals surface area (Å²) < 4.78 is 23.6. The van der Waals surface area contributed by atoms with Crippen molar-refractivity contribution in [3.05, 3.63) is 67.2 Å². The Hall–Kier alpha value is -3.34. The molecule has 0 spiro atoms. The second kappa shape index (κ2) is 11.7. The highest BCUT2D eigenvalue weighted by Gasteiger charge is 2.36. The molecule has 2 aliphatic rings. The lowest BCUT2D eigenvalue weighted by Crippen LogP contribution is -2.58. The fourth-order valence-electron chi connectivity index (χ4n) is 5.96. The SMILES string of the molecule is COc1c(N2C[C@@H](C)N(CC(=O)O)[C@@H](C)C2)c(F)cc2c(=O)c(C(=O)NCc3c(C)cc(Cl)cc3Cl)cn(C3CC3)c12. The lowest BCUT2D eigenvalue weighted by Gasteiger charge is -2.45. The van der Waals surface area contributed by atoms with Crippen LogP contribution in [0.1, 0.15) is 54.2 Å². The first-order valence-corrected chi connectivity index (χ1v) is 14.6. The van der Waals surface area contributed by atoms with E-state index >= 15 is 4.39 Å². The smallest absolute Gasteiger partial charge is 0.317 e. The van der Waals surface area contributed by atoms with Crippen LogP contribution in [0.25, 0.3) is 10.9 Å². The van der Waals surface area contributed by atoms with Gasteiger partial charge in [-0.1, -0.05) is 23.2 Å². The summed E-state index contributed by atoms with van der Waals surface area (Å²) in [6.45, 7) is 6.36. The Bertz CT molecular complexity index is 1610. The zero-order chi connectivity index (χ0) is 30.5. The number of fused-ring (bicyclic) bond motifs is 1. The van der Waals surface area contributed by atoms with Gasteiger partial charge in [-0.25, -0.2) is 4.39 Å².